The van der Waals surface area contributed by atoms with Crippen molar-refractivity contribution >= 4 is 23.9 Å². The van der Waals surface area contributed by atoms with E-state index in [1.807, 2.05) is 30.3 Å². The monoisotopic (exact) mass is 504 g/mol. The van der Waals surface area contributed by atoms with Crippen LogP contribution in [0.5, 0.6) is 5.88 Å². The fourth-order valence-corrected chi connectivity index (χ4v) is 3.72. The molecular formula is C24H28N2O10. The van der Waals surface area contributed by atoms with Gasteiger partial charge in [0.2, 0.25) is 18.3 Å². The first-order chi connectivity index (χ1) is 17.0. The third-order valence-corrected chi connectivity index (χ3v) is 4.98. The Morgan fingerprint density at radius 1 is 0.861 bits per heavy atom. The molecule has 3 rings (SSSR count). The Bertz CT molecular complexity index is 1100. The van der Waals surface area contributed by atoms with Crippen molar-refractivity contribution in [3.63, 3.8) is 0 Å². The Morgan fingerprint density at radius 2 is 1.44 bits per heavy atom. The molecule has 194 valence electrons. The first-order valence-electron chi connectivity index (χ1n) is 11.1. The van der Waals surface area contributed by atoms with Crippen LogP contribution in [0.15, 0.2) is 36.4 Å². The number of carbonyl (C=O) groups is 4. The predicted octanol–water partition coefficient (Wildman–Crippen LogP) is 1.64. The van der Waals surface area contributed by atoms with Crippen molar-refractivity contribution in [3.8, 4) is 11.6 Å². The molecule has 0 amide bonds. The van der Waals surface area contributed by atoms with E-state index >= 15 is 0 Å². The Hall–Kier alpha value is -3.93. The van der Waals surface area contributed by atoms with Crippen LogP contribution in [-0.2, 0) is 42.9 Å². The summed E-state index contributed by atoms with van der Waals surface area (Å²) in [5.41, 5.74) is 1.31. The van der Waals surface area contributed by atoms with Crippen molar-refractivity contribution in [1.82, 2.24) is 9.78 Å². The number of rotatable bonds is 8. The first kappa shape index (κ1) is 26.7. The van der Waals surface area contributed by atoms with E-state index in [1.165, 1.54) is 11.6 Å². The summed E-state index contributed by atoms with van der Waals surface area (Å²) in [4.78, 5) is 47.3. The quantitative estimate of drug-likeness (QED) is 0.382. The molecule has 12 heteroatoms. The van der Waals surface area contributed by atoms with Gasteiger partial charge in [-0.3, -0.25) is 19.2 Å². The number of aromatic nitrogens is 2. The summed E-state index contributed by atoms with van der Waals surface area (Å²) < 4.78 is 34.9. The standard InChI is InChI=1S/C24H28N2O10/c1-13-11-20(26(25-13)18-9-7-6-8-10-18)36-24-23(34-17(5)30)22(33-16(4)29)21(32-15(3)28)19(35-24)12-31-14(2)27/h6-11,19,21-24H,12H2,1-5H3/t19-,21-,22+,23+,24?/m1/s1. The van der Waals surface area contributed by atoms with Gasteiger partial charge in [-0.1, -0.05) is 18.2 Å². The molecule has 1 unspecified atom stereocenters. The molecule has 5 atom stereocenters. The molecule has 12 nitrogen and oxygen atoms in total. The zero-order valence-corrected chi connectivity index (χ0v) is 20.5. The van der Waals surface area contributed by atoms with Crippen molar-refractivity contribution in [2.75, 3.05) is 6.61 Å². The molecule has 0 N–H and O–H groups in total. The number of benzene rings is 1. The number of esters is 4. The second-order valence-electron chi connectivity index (χ2n) is 8.06. The lowest BCUT2D eigenvalue weighted by molar-refractivity contribution is -0.289. The van der Waals surface area contributed by atoms with E-state index in [2.05, 4.69) is 5.10 Å². The van der Waals surface area contributed by atoms with Crippen molar-refractivity contribution in [1.29, 1.82) is 0 Å². The lowest BCUT2D eigenvalue weighted by atomic mass is 9.98. The van der Waals surface area contributed by atoms with Gasteiger partial charge in [0.15, 0.2) is 12.2 Å². The molecule has 0 spiro atoms. The fourth-order valence-electron chi connectivity index (χ4n) is 3.72. The van der Waals surface area contributed by atoms with Gasteiger partial charge in [-0.2, -0.15) is 5.10 Å². The fraction of sp³-hybridized carbons (Fsp3) is 0.458. The SMILES string of the molecule is CC(=O)OC[C@H]1OC(Oc2cc(C)nn2-c2ccccc2)[C@@H](OC(C)=O)[C@@H](OC(C)=O)[C@@H]1OC(C)=O. The van der Waals surface area contributed by atoms with Crippen LogP contribution in [0, 0.1) is 6.92 Å². The second-order valence-corrected chi connectivity index (χ2v) is 8.06. The highest BCUT2D eigenvalue weighted by atomic mass is 16.7. The smallest absolute Gasteiger partial charge is 0.303 e. The number of aryl methyl sites for hydroxylation is 1. The third kappa shape index (κ3) is 6.81. The Labute approximate surface area is 207 Å². The molecule has 1 aromatic heterocycles. The summed E-state index contributed by atoms with van der Waals surface area (Å²) in [6, 6.07) is 10.8. The van der Waals surface area contributed by atoms with Crippen LogP contribution in [0.4, 0.5) is 0 Å². The topological polar surface area (TPSA) is 141 Å². The van der Waals surface area contributed by atoms with Gasteiger partial charge in [0.25, 0.3) is 0 Å². The van der Waals surface area contributed by atoms with Crippen molar-refractivity contribution in [3.05, 3.63) is 42.1 Å². The zero-order valence-electron chi connectivity index (χ0n) is 20.5. The van der Waals surface area contributed by atoms with E-state index in [1.54, 1.807) is 13.0 Å². The largest absolute Gasteiger partial charge is 0.463 e. The minimum atomic E-state index is -1.36. The van der Waals surface area contributed by atoms with Crippen molar-refractivity contribution < 1.29 is 47.6 Å². The molecule has 1 saturated heterocycles. The van der Waals surface area contributed by atoms with Crippen molar-refractivity contribution in [2.45, 2.75) is 65.3 Å². The average Bonchev–Trinajstić information content (AvgIpc) is 3.16. The minimum Gasteiger partial charge on any atom is -0.463 e. The third-order valence-electron chi connectivity index (χ3n) is 4.98. The number of ether oxygens (including phenoxy) is 6. The number of hydrogen-bond donors (Lipinski definition) is 0. The van der Waals surface area contributed by atoms with Gasteiger partial charge in [-0.05, 0) is 19.1 Å². The molecule has 1 fully saturated rings. The van der Waals surface area contributed by atoms with Gasteiger partial charge in [0, 0.05) is 33.8 Å². The predicted molar refractivity (Wildman–Crippen MR) is 121 cm³/mol. The number of hydrogen-bond acceptors (Lipinski definition) is 11. The Kier molecular flexibility index (Phi) is 8.64. The summed E-state index contributed by atoms with van der Waals surface area (Å²) >= 11 is 0. The van der Waals surface area contributed by atoms with Crippen LogP contribution in [0.2, 0.25) is 0 Å². The van der Waals surface area contributed by atoms with Crippen LogP contribution >= 0.6 is 0 Å². The maximum Gasteiger partial charge on any atom is 0.303 e. The van der Waals surface area contributed by atoms with E-state index in [9.17, 15) is 19.2 Å². The van der Waals surface area contributed by atoms with Gasteiger partial charge in [0.1, 0.15) is 12.7 Å². The van der Waals surface area contributed by atoms with Gasteiger partial charge in [-0.25, -0.2) is 4.68 Å². The lowest BCUT2D eigenvalue weighted by Gasteiger charge is -2.43. The van der Waals surface area contributed by atoms with E-state index in [4.69, 9.17) is 28.4 Å². The average molecular weight is 504 g/mol. The Morgan fingerprint density at radius 3 is 2.03 bits per heavy atom. The highest BCUT2D eigenvalue weighted by Crippen LogP contribution is 2.32. The molecule has 1 aromatic carbocycles. The molecule has 1 aliphatic heterocycles. The zero-order chi connectivity index (χ0) is 26.4. The molecular weight excluding hydrogens is 476 g/mol. The van der Waals surface area contributed by atoms with E-state index in [0.717, 1.165) is 20.8 Å². The molecule has 36 heavy (non-hydrogen) atoms. The van der Waals surface area contributed by atoms with Gasteiger partial charge < -0.3 is 28.4 Å². The molecule has 2 aromatic rings. The van der Waals surface area contributed by atoms with Crippen molar-refractivity contribution in [2.24, 2.45) is 0 Å². The first-order valence-corrected chi connectivity index (χ1v) is 11.1. The van der Waals surface area contributed by atoms with Gasteiger partial charge >= 0.3 is 23.9 Å². The molecule has 0 saturated carbocycles. The summed E-state index contributed by atoms with van der Waals surface area (Å²) in [5.74, 6) is -2.54. The molecule has 0 radical (unpaired) electrons. The van der Waals surface area contributed by atoms with Crippen LogP contribution in [0.1, 0.15) is 33.4 Å². The summed E-state index contributed by atoms with van der Waals surface area (Å²) in [5, 5.41) is 4.44. The molecule has 0 aliphatic carbocycles. The van der Waals surface area contributed by atoms with Crippen LogP contribution in [-0.4, -0.2) is 71.0 Å². The highest BCUT2D eigenvalue weighted by molar-refractivity contribution is 5.68. The van der Waals surface area contributed by atoms with Gasteiger partial charge in [-0.15, -0.1) is 0 Å². The summed E-state index contributed by atoms with van der Waals surface area (Å²) in [7, 11) is 0. The van der Waals surface area contributed by atoms with E-state index in [-0.39, 0.29) is 12.5 Å². The van der Waals surface area contributed by atoms with Crippen LogP contribution < -0.4 is 4.74 Å². The molecule has 1 aliphatic rings. The maximum atomic E-state index is 12.0. The number of para-hydroxylation sites is 1. The minimum absolute atomic E-state index is 0.236. The second kappa shape index (κ2) is 11.7. The summed E-state index contributed by atoms with van der Waals surface area (Å²) in [6.07, 6.45) is -6.42. The maximum absolute atomic E-state index is 12.0. The number of carbonyl (C=O) groups excluding carboxylic acids is 4. The Balaban J connectivity index is 2.03. The molecule has 2 heterocycles. The lowest BCUT2D eigenvalue weighted by Crippen LogP contribution is -2.63. The van der Waals surface area contributed by atoms with Crippen LogP contribution in [0.3, 0.4) is 0 Å². The molecule has 0 bridgehead atoms. The summed E-state index contributed by atoms with van der Waals surface area (Å²) in [6.45, 7) is 6.07. The van der Waals surface area contributed by atoms with Crippen LogP contribution in [0.25, 0.3) is 5.69 Å². The number of nitrogens with zero attached hydrogens (tertiary/aromatic N) is 2. The van der Waals surface area contributed by atoms with Gasteiger partial charge in [0.05, 0.1) is 11.4 Å². The normalized spacial score (nSPS) is 23.3. The highest BCUT2D eigenvalue weighted by Gasteiger charge is 2.53. The van der Waals surface area contributed by atoms with E-state index < -0.39 is 54.6 Å². The van der Waals surface area contributed by atoms with E-state index in [0.29, 0.717) is 11.4 Å².